The van der Waals surface area contributed by atoms with Crippen LogP contribution >= 0.6 is 0 Å². The largest absolute Gasteiger partial charge is 0.309 e. The number of fused-ring (bicyclic) bond motifs is 1. The number of benzene rings is 2. The number of H-pyrrole nitrogens is 2. The van der Waals surface area contributed by atoms with E-state index in [0.717, 1.165) is 24.4 Å². The third-order valence-corrected chi connectivity index (χ3v) is 4.54. The predicted octanol–water partition coefficient (Wildman–Crippen LogP) is 3.90. The van der Waals surface area contributed by atoms with Gasteiger partial charge in [-0.25, -0.2) is 13.8 Å². The third-order valence-electron chi connectivity index (χ3n) is 4.54. The van der Waals surface area contributed by atoms with Gasteiger partial charge in [0.05, 0.1) is 5.69 Å². The molecule has 2 heterocycles. The van der Waals surface area contributed by atoms with Crippen LogP contribution in [0.3, 0.4) is 0 Å². The van der Waals surface area contributed by atoms with Crippen LogP contribution in [0.5, 0.6) is 0 Å². The van der Waals surface area contributed by atoms with Gasteiger partial charge in [-0.1, -0.05) is 18.2 Å². The first-order valence-corrected chi connectivity index (χ1v) is 9.17. The van der Waals surface area contributed by atoms with E-state index < -0.39 is 5.82 Å². The molecule has 4 aromatic rings. The summed E-state index contributed by atoms with van der Waals surface area (Å²) in [5.41, 5.74) is 2.29. The summed E-state index contributed by atoms with van der Waals surface area (Å²) >= 11 is 0. The zero-order chi connectivity index (χ0) is 20.4. The van der Waals surface area contributed by atoms with Gasteiger partial charge < -0.3 is 4.90 Å². The van der Waals surface area contributed by atoms with Crippen molar-refractivity contribution in [2.45, 2.75) is 6.42 Å². The van der Waals surface area contributed by atoms with Gasteiger partial charge in [0.2, 0.25) is 0 Å². The summed E-state index contributed by atoms with van der Waals surface area (Å²) in [7, 11) is 3.97. The molecule has 0 aliphatic heterocycles. The quantitative estimate of drug-likeness (QED) is 0.520. The Kier molecular flexibility index (Phi) is 5.18. The smallest absolute Gasteiger partial charge is 0.181 e. The van der Waals surface area contributed by atoms with Gasteiger partial charge in [0.1, 0.15) is 17.2 Å². The third kappa shape index (κ3) is 4.22. The fourth-order valence-corrected chi connectivity index (χ4v) is 2.97. The molecule has 2 aromatic carbocycles. The van der Waals surface area contributed by atoms with E-state index in [2.05, 4.69) is 30.3 Å². The number of aromatic nitrogens is 5. The second kappa shape index (κ2) is 7.92. The number of aromatic amines is 2. The van der Waals surface area contributed by atoms with Gasteiger partial charge >= 0.3 is 0 Å². The van der Waals surface area contributed by atoms with Crippen molar-refractivity contribution >= 4 is 23.1 Å². The molecule has 6 nitrogen and oxygen atoms in total. The number of nitrogens with one attached hydrogen (secondary N) is 2. The first-order chi connectivity index (χ1) is 14.0. The van der Waals surface area contributed by atoms with Gasteiger partial charge in [-0.15, -0.1) is 0 Å². The number of rotatable bonds is 6. The van der Waals surface area contributed by atoms with E-state index >= 15 is 0 Å². The SMILES string of the molecule is CN(C)CCc1nc(-c2cc(F)c3n[nH]c(/C=C/c4ccc(F)cc4)c3c2)n[nH]1. The van der Waals surface area contributed by atoms with E-state index in [1.807, 2.05) is 26.2 Å². The lowest BCUT2D eigenvalue weighted by molar-refractivity contribution is 0.410. The Hall–Kier alpha value is -3.39. The molecule has 0 spiro atoms. The monoisotopic (exact) mass is 394 g/mol. The van der Waals surface area contributed by atoms with Gasteiger partial charge in [-0.05, 0) is 50.0 Å². The van der Waals surface area contributed by atoms with E-state index in [1.54, 1.807) is 18.2 Å². The molecule has 0 aliphatic rings. The van der Waals surface area contributed by atoms with Crippen LogP contribution in [0, 0.1) is 11.6 Å². The van der Waals surface area contributed by atoms with Crippen molar-refractivity contribution in [1.82, 2.24) is 30.3 Å². The second-order valence-corrected chi connectivity index (χ2v) is 7.04. The highest BCUT2D eigenvalue weighted by Crippen LogP contribution is 2.27. The van der Waals surface area contributed by atoms with Crippen molar-refractivity contribution in [1.29, 1.82) is 0 Å². The van der Waals surface area contributed by atoms with Crippen LogP contribution in [-0.4, -0.2) is 50.9 Å². The van der Waals surface area contributed by atoms with Crippen LogP contribution in [-0.2, 0) is 6.42 Å². The molecular weight excluding hydrogens is 374 g/mol. The molecule has 0 atom stereocenters. The predicted molar refractivity (Wildman–Crippen MR) is 109 cm³/mol. The van der Waals surface area contributed by atoms with Crippen LogP contribution in [0.1, 0.15) is 17.1 Å². The highest BCUT2D eigenvalue weighted by atomic mass is 19.1. The molecule has 0 fully saturated rings. The van der Waals surface area contributed by atoms with Crippen molar-refractivity contribution in [2.75, 3.05) is 20.6 Å². The van der Waals surface area contributed by atoms with Crippen molar-refractivity contribution in [3.05, 3.63) is 65.1 Å². The van der Waals surface area contributed by atoms with Crippen molar-refractivity contribution in [3.8, 4) is 11.4 Å². The average Bonchev–Trinajstić information content (AvgIpc) is 3.33. The maximum Gasteiger partial charge on any atom is 0.181 e. The molecule has 0 saturated carbocycles. The minimum atomic E-state index is -0.449. The normalized spacial score (nSPS) is 11.9. The van der Waals surface area contributed by atoms with Crippen molar-refractivity contribution < 1.29 is 8.78 Å². The molecular formula is C21H20F2N6. The number of likely N-dealkylation sites (N-methyl/N-ethyl adjacent to an activating group) is 1. The highest BCUT2D eigenvalue weighted by Gasteiger charge is 2.14. The van der Waals surface area contributed by atoms with E-state index in [4.69, 9.17) is 0 Å². The highest BCUT2D eigenvalue weighted by molar-refractivity contribution is 5.92. The fourth-order valence-electron chi connectivity index (χ4n) is 2.97. The van der Waals surface area contributed by atoms with Crippen LogP contribution in [0.25, 0.3) is 34.4 Å². The summed E-state index contributed by atoms with van der Waals surface area (Å²) in [6.45, 7) is 0.835. The Morgan fingerprint density at radius 2 is 1.79 bits per heavy atom. The minimum Gasteiger partial charge on any atom is -0.309 e. The molecule has 2 aromatic heterocycles. The second-order valence-electron chi connectivity index (χ2n) is 7.04. The standard InChI is InChI=1S/C21H20F2N6/c1-29(2)10-9-19-24-21(28-26-19)14-11-16-18(25-27-20(16)17(23)12-14)8-5-13-3-6-15(22)7-4-13/h3-8,11-12H,9-10H2,1-2H3,(H,25,27)(H,24,26,28)/b8-5+. The molecule has 148 valence electrons. The van der Waals surface area contributed by atoms with Gasteiger partial charge in [0.25, 0.3) is 0 Å². The molecule has 4 rings (SSSR count). The zero-order valence-corrected chi connectivity index (χ0v) is 16.1. The molecule has 0 radical (unpaired) electrons. The van der Waals surface area contributed by atoms with Crippen molar-refractivity contribution in [2.24, 2.45) is 0 Å². The van der Waals surface area contributed by atoms with Gasteiger partial charge in [0.15, 0.2) is 11.6 Å². The van der Waals surface area contributed by atoms with Crippen LogP contribution < -0.4 is 0 Å². The van der Waals surface area contributed by atoms with Crippen molar-refractivity contribution in [3.63, 3.8) is 0 Å². The summed E-state index contributed by atoms with van der Waals surface area (Å²) in [6.07, 6.45) is 4.32. The Balaban J connectivity index is 1.65. The molecule has 0 bridgehead atoms. The first-order valence-electron chi connectivity index (χ1n) is 9.17. The lowest BCUT2D eigenvalue weighted by atomic mass is 10.1. The van der Waals surface area contributed by atoms with E-state index in [1.165, 1.54) is 18.2 Å². The molecule has 0 amide bonds. The Morgan fingerprint density at radius 3 is 2.55 bits per heavy atom. The maximum absolute atomic E-state index is 14.6. The molecule has 0 saturated heterocycles. The summed E-state index contributed by atoms with van der Waals surface area (Å²) in [4.78, 5) is 6.53. The topological polar surface area (TPSA) is 73.5 Å². The van der Waals surface area contributed by atoms with Gasteiger partial charge in [-0.3, -0.25) is 10.2 Å². The lowest BCUT2D eigenvalue weighted by Gasteiger charge is -2.06. The number of halogens is 2. The molecule has 0 aliphatic carbocycles. The van der Waals surface area contributed by atoms with E-state index in [0.29, 0.717) is 22.5 Å². The summed E-state index contributed by atoms with van der Waals surface area (Å²) in [5.74, 6) is 0.444. The van der Waals surface area contributed by atoms with Crippen LogP contribution in [0.2, 0.25) is 0 Å². The summed E-state index contributed by atoms with van der Waals surface area (Å²) < 4.78 is 27.6. The maximum atomic E-state index is 14.6. The number of hydrogen-bond acceptors (Lipinski definition) is 4. The molecule has 0 unspecified atom stereocenters. The van der Waals surface area contributed by atoms with Gasteiger partial charge in [-0.2, -0.15) is 10.2 Å². The summed E-state index contributed by atoms with van der Waals surface area (Å²) in [5, 5.41) is 14.7. The van der Waals surface area contributed by atoms with Gasteiger partial charge in [0, 0.05) is 23.9 Å². The summed E-state index contributed by atoms with van der Waals surface area (Å²) in [6, 6.07) is 9.30. The average molecular weight is 394 g/mol. The fraction of sp³-hybridized carbons (Fsp3) is 0.190. The van der Waals surface area contributed by atoms with Crippen LogP contribution in [0.4, 0.5) is 8.78 Å². The number of hydrogen-bond donors (Lipinski definition) is 2. The Morgan fingerprint density at radius 1 is 1.00 bits per heavy atom. The van der Waals surface area contributed by atoms with E-state index in [9.17, 15) is 8.78 Å². The van der Waals surface area contributed by atoms with E-state index in [-0.39, 0.29) is 11.3 Å². The molecule has 8 heteroatoms. The zero-order valence-electron chi connectivity index (χ0n) is 16.1. The lowest BCUT2D eigenvalue weighted by Crippen LogP contribution is -2.15. The number of nitrogens with zero attached hydrogens (tertiary/aromatic N) is 4. The minimum absolute atomic E-state index is 0.246. The van der Waals surface area contributed by atoms with Crippen LogP contribution in [0.15, 0.2) is 36.4 Å². The molecule has 2 N–H and O–H groups in total. The molecule has 29 heavy (non-hydrogen) atoms. The Labute approximate surface area is 166 Å². The Bertz CT molecular complexity index is 1160. The first kappa shape index (κ1) is 18.9.